The highest BCUT2D eigenvalue weighted by atomic mass is 16.2. The van der Waals surface area contributed by atoms with Gasteiger partial charge in [0.15, 0.2) is 0 Å². The fourth-order valence-corrected chi connectivity index (χ4v) is 2.94. The Bertz CT molecular complexity index is 816. The first-order valence-corrected chi connectivity index (χ1v) is 7.76. The number of rotatable bonds is 5. The van der Waals surface area contributed by atoms with Gasteiger partial charge in [0.25, 0.3) is 5.56 Å². The summed E-state index contributed by atoms with van der Waals surface area (Å²) in [5, 5.41) is 3.35. The van der Waals surface area contributed by atoms with Crippen LogP contribution >= 0.6 is 0 Å². The van der Waals surface area contributed by atoms with Crippen LogP contribution in [0.25, 0.3) is 0 Å². The molecule has 0 saturated heterocycles. The second kappa shape index (κ2) is 6.54. The molecule has 1 aromatic heterocycles. The maximum atomic E-state index is 12.1. The molecule has 0 atom stereocenters. The van der Waals surface area contributed by atoms with Gasteiger partial charge in [-0.3, -0.25) is 9.36 Å². The lowest BCUT2D eigenvalue weighted by Crippen LogP contribution is -2.40. The molecule has 2 rings (SSSR count). The van der Waals surface area contributed by atoms with Crippen LogP contribution in [0.4, 0.5) is 0 Å². The molecule has 1 aromatic carbocycles. The second-order valence-electron chi connectivity index (χ2n) is 6.71. The molecule has 5 nitrogen and oxygen atoms in total. The minimum absolute atomic E-state index is 0.0444. The highest BCUT2D eigenvalue weighted by Crippen LogP contribution is 2.25. The number of benzene rings is 1. The van der Waals surface area contributed by atoms with Crippen molar-refractivity contribution >= 4 is 0 Å². The van der Waals surface area contributed by atoms with Crippen molar-refractivity contribution in [2.75, 3.05) is 6.54 Å². The number of nitrogens with zero attached hydrogens (tertiary/aromatic N) is 2. The van der Waals surface area contributed by atoms with Gasteiger partial charge in [-0.05, 0) is 18.1 Å². The van der Waals surface area contributed by atoms with Crippen molar-refractivity contribution in [3.05, 3.63) is 68.0 Å². The molecular formula is C18H25N3O2. The van der Waals surface area contributed by atoms with Gasteiger partial charge in [0, 0.05) is 44.4 Å². The molecule has 0 radical (unpaired) electrons. The topological polar surface area (TPSA) is 56.0 Å². The lowest BCUT2D eigenvalue weighted by Gasteiger charge is -2.27. The average molecular weight is 315 g/mol. The molecule has 0 bridgehead atoms. The Morgan fingerprint density at radius 3 is 2.43 bits per heavy atom. The van der Waals surface area contributed by atoms with Crippen molar-refractivity contribution in [2.24, 2.45) is 14.1 Å². The van der Waals surface area contributed by atoms with Gasteiger partial charge in [0.2, 0.25) is 0 Å². The Balaban J connectivity index is 2.13. The fraction of sp³-hybridized carbons (Fsp3) is 0.444. The Kier molecular flexibility index (Phi) is 4.90. The zero-order valence-corrected chi connectivity index (χ0v) is 14.5. The molecule has 0 aliphatic heterocycles. The van der Waals surface area contributed by atoms with Crippen LogP contribution in [0.15, 0.2) is 40.1 Å². The third-order valence-corrected chi connectivity index (χ3v) is 4.27. The molecule has 1 heterocycles. The predicted octanol–water partition coefficient (Wildman–Crippen LogP) is 1.46. The summed E-state index contributed by atoms with van der Waals surface area (Å²) in [6.45, 7) is 7.65. The number of aryl methyl sites for hydroxylation is 2. The number of nitrogens with one attached hydrogen (secondary N) is 1. The minimum Gasteiger partial charge on any atom is -0.312 e. The van der Waals surface area contributed by atoms with Gasteiger partial charge in [-0.2, -0.15) is 0 Å². The number of aromatic nitrogens is 2. The SMILES string of the molecule is Cc1ccccc1C(C)(C)CNCc1cn(C)c(=O)n(C)c1=O. The van der Waals surface area contributed by atoms with Gasteiger partial charge in [-0.25, -0.2) is 4.79 Å². The molecule has 0 aliphatic carbocycles. The summed E-state index contributed by atoms with van der Waals surface area (Å²) in [6, 6.07) is 8.34. The molecule has 0 spiro atoms. The molecule has 5 heteroatoms. The molecule has 2 aromatic rings. The Labute approximate surface area is 136 Å². The van der Waals surface area contributed by atoms with E-state index >= 15 is 0 Å². The summed E-state index contributed by atoms with van der Waals surface area (Å²) >= 11 is 0. The van der Waals surface area contributed by atoms with Crippen molar-refractivity contribution in [2.45, 2.75) is 32.7 Å². The normalized spacial score (nSPS) is 11.7. The zero-order chi connectivity index (χ0) is 17.2. The van der Waals surface area contributed by atoms with Gasteiger partial charge < -0.3 is 9.88 Å². The molecule has 0 fully saturated rings. The summed E-state index contributed by atoms with van der Waals surface area (Å²) in [6.07, 6.45) is 1.61. The van der Waals surface area contributed by atoms with Crippen molar-refractivity contribution in [1.29, 1.82) is 0 Å². The van der Waals surface area contributed by atoms with Crippen molar-refractivity contribution < 1.29 is 0 Å². The molecule has 0 unspecified atom stereocenters. The van der Waals surface area contributed by atoms with E-state index in [4.69, 9.17) is 0 Å². The second-order valence-corrected chi connectivity index (χ2v) is 6.71. The first-order valence-electron chi connectivity index (χ1n) is 7.76. The Morgan fingerprint density at radius 1 is 1.13 bits per heavy atom. The smallest absolute Gasteiger partial charge is 0.312 e. The average Bonchev–Trinajstić information content (AvgIpc) is 2.50. The van der Waals surface area contributed by atoms with Crippen LogP contribution in [-0.2, 0) is 26.1 Å². The van der Waals surface area contributed by atoms with Crippen molar-refractivity contribution in [1.82, 2.24) is 14.5 Å². The third kappa shape index (κ3) is 3.62. The number of hydrogen-bond acceptors (Lipinski definition) is 3. The minimum atomic E-state index is -0.306. The largest absolute Gasteiger partial charge is 0.330 e. The quantitative estimate of drug-likeness (QED) is 0.909. The van der Waals surface area contributed by atoms with Gasteiger partial charge in [-0.15, -0.1) is 0 Å². The standard InChI is InChI=1S/C18H25N3O2/c1-13-8-6-7-9-15(13)18(2,3)12-19-10-14-11-20(4)17(23)21(5)16(14)22/h6-9,11,19H,10,12H2,1-5H3. The molecule has 124 valence electrons. The van der Waals surface area contributed by atoms with Gasteiger partial charge in [0.05, 0.1) is 0 Å². The van der Waals surface area contributed by atoms with E-state index in [-0.39, 0.29) is 16.7 Å². The fourth-order valence-electron chi connectivity index (χ4n) is 2.94. The lowest BCUT2D eigenvalue weighted by atomic mass is 9.82. The van der Waals surface area contributed by atoms with E-state index in [1.165, 1.54) is 22.7 Å². The molecular weight excluding hydrogens is 290 g/mol. The first-order chi connectivity index (χ1) is 10.7. The molecule has 1 N–H and O–H groups in total. The van der Waals surface area contributed by atoms with E-state index in [0.29, 0.717) is 12.1 Å². The van der Waals surface area contributed by atoms with Gasteiger partial charge in [0.1, 0.15) is 0 Å². The van der Waals surface area contributed by atoms with Crippen molar-refractivity contribution in [3.8, 4) is 0 Å². The van der Waals surface area contributed by atoms with Crippen molar-refractivity contribution in [3.63, 3.8) is 0 Å². The predicted molar refractivity (Wildman–Crippen MR) is 92.8 cm³/mol. The first kappa shape index (κ1) is 17.2. The van der Waals surface area contributed by atoms with E-state index in [2.05, 4.69) is 38.2 Å². The summed E-state index contributed by atoms with van der Waals surface area (Å²) in [5.41, 5.74) is 2.55. The molecule has 23 heavy (non-hydrogen) atoms. The van der Waals surface area contributed by atoms with E-state index < -0.39 is 0 Å². The highest BCUT2D eigenvalue weighted by molar-refractivity contribution is 5.32. The monoisotopic (exact) mass is 315 g/mol. The van der Waals surface area contributed by atoms with Crippen LogP contribution < -0.4 is 16.6 Å². The van der Waals surface area contributed by atoms with Gasteiger partial charge in [-0.1, -0.05) is 38.1 Å². The van der Waals surface area contributed by atoms with Crippen LogP contribution in [-0.4, -0.2) is 15.7 Å². The zero-order valence-electron chi connectivity index (χ0n) is 14.5. The van der Waals surface area contributed by atoms with Gasteiger partial charge >= 0.3 is 5.69 Å². The molecule has 0 aliphatic rings. The highest BCUT2D eigenvalue weighted by Gasteiger charge is 2.21. The van der Waals surface area contributed by atoms with E-state index in [1.807, 2.05) is 12.1 Å². The van der Waals surface area contributed by atoms with E-state index in [9.17, 15) is 9.59 Å². The third-order valence-electron chi connectivity index (χ3n) is 4.27. The summed E-state index contributed by atoms with van der Waals surface area (Å²) in [5.74, 6) is 0. The van der Waals surface area contributed by atoms with Crippen LogP contribution in [0.3, 0.4) is 0 Å². The molecule has 0 amide bonds. The maximum absolute atomic E-state index is 12.1. The van der Waals surface area contributed by atoms with Crippen LogP contribution in [0.5, 0.6) is 0 Å². The van der Waals surface area contributed by atoms with Crippen LogP contribution in [0, 0.1) is 6.92 Å². The molecule has 0 saturated carbocycles. The van der Waals surface area contributed by atoms with Crippen LogP contribution in [0.1, 0.15) is 30.5 Å². The Hall–Kier alpha value is -2.14. The Morgan fingerprint density at radius 2 is 1.78 bits per heavy atom. The summed E-state index contributed by atoms with van der Waals surface area (Å²) in [7, 11) is 3.16. The summed E-state index contributed by atoms with van der Waals surface area (Å²) < 4.78 is 2.58. The van der Waals surface area contributed by atoms with E-state index in [1.54, 1.807) is 13.2 Å². The summed E-state index contributed by atoms with van der Waals surface area (Å²) in [4.78, 5) is 23.8. The lowest BCUT2D eigenvalue weighted by molar-refractivity contribution is 0.464. The maximum Gasteiger partial charge on any atom is 0.330 e. The number of hydrogen-bond donors (Lipinski definition) is 1. The van der Waals surface area contributed by atoms with E-state index in [0.717, 1.165) is 11.1 Å². The van der Waals surface area contributed by atoms with Crippen LogP contribution in [0.2, 0.25) is 0 Å².